The maximum Gasteiger partial charge on any atom is 0.0818 e. The topological polar surface area (TPSA) is 87.0 Å². The Hall–Kier alpha value is -1.69. The molecule has 5 N–H and O–H groups in total. The molecule has 0 saturated carbocycles. The van der Waals surface area contributed by atoms with E-state index in [-0.39, 0.29) is 12.1 Å². The molecule has 1 unspecified atom stereocenters. The lowest BCUT2D eigenvalue weighted by Crippen LogP contribution is -2.43. The number of H-pyrrole nitrogens is 1. The lowest BCUT2D eigenvalue weighted by molar-refractivity contribution is 0.137. The van der Waals surface area contributed by atoms with Gasteiger partial charge in [-0.2, -0.15) is 5.10 Å². The predicted molar refractivity (Wildman–Crippen MR) is 83.8 cm³/mol. The quantitative estimate of drug-likeness (QED) is 0.591. The van der Waals surface area contributed by atoms with Crippen LogP contribution in [0.3, 0.4) is 0 Å². The van der Waals surface area contributed by atoms with Gasteiger partial charge >= 0.3 is 0 Å². The van der Waals surface area contributed by atoms with E-state index >= 15 is 0 Å². The summed E-state index contributed by atoms with van der Waals surface area (Å²) >= 11 is 0. The normalized spacial score (nSPS) is 15.6. The van der Waals surface area contributed by atoms with Crippen molar-refractivity contribution in [3.05, 3.63) is 53.9 Å². The second-order valence-electron chi connectivity index (χ2n) is 5.32. The minimum absolute atomic E-state index is 0.183. The summed E-state index contributed by atoms with van der Waals surface area (Å²) < 4.78 is 0. The van der Waals surface area contributed by atoms with Crippen molar-refractivity contribution in [2.45, 2.75) is 38.0 Å². The molecule has 114 valence electrons. The summed E-state index contributed by atoms with van der Waals surface area (Å²) in [5.74, 6) is 0. The minimum atomic E-state index is -0.578. The van der Waals surface area contributed by atoms with E-state index in [1.165, 1.54) is 0 Å². The zero-order valence-electron chi connectivity index (χ0n) is 12.4. The summed E-state index contributed by atoms with van der Waals surface area (Å²) in [6.07, 6.45) is 4.70. The first-order valence-electron chi connectivity index (χ1n) is 7.40. The Morgan fingerprint density at radius 1 is 1.33 bits per heavy atom. The summed E-state index contributed by atoms with van der Waals surface area (Å²) in [7, 11) is 0. The van der Waals surface area contributed by atoms with E-state index in [0.29, 0.717) is 13.0 Å². The van der Waals surface area contributed by atoms with Crippen LogP contribution in [0.2, 0.25) is 0 Å². The summed E-state index contributed by atoms with van der Waals surface area (Å²) in [5, 5.41) is 20.3. The maximum absolute atomic E-state index is 10.2. The fourth-order valence-electron chi connectivity index (χ4n) is 2.39. The van der Waals surface area contributed by atoms with E-state index in [1.807, 2.05) is 36.5 Å². The van der Waals surface area contributed by atoms with Gasteiger partial charge in [0.25, 0.3) is 0 Å². The van der Waals surface area contributed by atoms with Crippen LogP contribution >= 0.6 is 0 Å². The lowest BCUT2D eigenvalue weighted by atomic mass is 10.0. The molecule has 0 spiro atoms. The minimum Gasteiger partial charge on any atom is -0.390 e. The van der Waals surface area contributed by atoms with Gasteiger partial charge < -0.3 is 16.2 Å². The Labute approximate surface area is 125 Å². The molecule has 3 atom stereocenters. The number of aliphatic hydroxyl groups excluding tert-OH is 1. The first kappa shape index (κ1) is 15.7. The predicted octanol–water partition coefficient (Wildman–Crippen LogP) is 1.38. The van der Waals surface area contributed by atoms with Gasteiger partial charge in [0.15, 0.2) is 0 Å². The van der Waals surface area contributed by atoms with Crippen molar-refractivity contribution in [2.24, 2.45) is 5.73 Å². The van der Waals surface area contributed by atoms with Crippen molar-refractivity contribution in [3.8, 4) is 0 Å². The highest BCUT2D eigenvalue weighted by Gasteiger charge is 2.17. The molecule has 1 aromatic carbocycles. The van der Waals surface area contributed by atoms with Gasteiger partial charge in [-0.3, -0.25) is 5.10 Å². The fraction of sp³-hybridized carbons (Fsp3) is 0.438. The summed E-state index contributed by atoms with van der Waals surface area (Å²) in [4.78, 5) is 0. The third kappa shape index (κ3) is 4.67. The van der Waals surface area contributed by atoms with Crippen LogP contribution in [0.25, 0.3) is 0 Å². The molecule has 2 rings (SSSR count). The van der Waals surface area contributed by atoms with Crippen LogP contribution < -0.4 is 11.1 Å². The van der Waals surface area contributed by atoms with Crippen LogP contribution in [0.15, 0.2) is 42.7 Å². The first-order valence-corrected chi connectivity index (χ1v) is 7.40. The van der Waals surface area contributed by atoms with Gasteiger partial charge in [-0.1, -0.05) is 37.3 Å². The molecule has 0 bridgehead atoms. The molecule has 21 heavy (non-hydrogen) atoms. The maximum atomic E-state index is 10.2. The number of hydrogen-bond donors (Lipinski definition) is 4. The number of benzene rings is 1. The molecule has 0 fully saturated rings. The smallest absolute Gasteiger partial charge is 0.0818 e. The van der Waals surface area contributed by atoms with E-state index in [2.05, 4.69) is 22.4 Å². The van der Waals surface area contributed by atoms with Crippen molar-refractivity contribution in [2.75, 3.05) is 6.54 Å². The van der Waals surface area contributed by atoms with Gasteiger partial charge in [0.2, 0.25) is 0 Å². The van der Waals surface area contributed by atoms with Crippen molar-refractivity contribution in [1.82, 2.24) is 15.5 Å². The van der Waals surface area contributed by atoms with Gasteiger partial charge in [0.1, 0.15) is 0 Å². The molecular formula is C16H24N4O. The van der Waals surface area contributed by atoms with Gasteiger partial charge in [0, 0.05) is 30.4 Å². The van der Waals surface area contributed by atoms with E-state index in [9.17, 15) is 5.11 Å². The Kier molecular flexibility index (Phi) is 5.92. The van der Waals surface area contributed by atoms with Crippen LogP contribution in [0, 0.1) is 0 Å². The molecule has 0 saturated heterocycles. The average Bonchev–Trinajstić information content (AvgIpc) is 3.03. The molecule has 5 nitrogen and oxygen atoms in total. The second-order valence-corrected chi connectivity index (χ2v) is 5.32. The number of nitrogens with one attached hydrogen (secondary N) is 2. The Morgan fingerprint density at radius 2 is 2.10 bits per heavy atom. The molecule has 0 aliphatic rings. The number of aromatic amines is 1. The summed E-state index contributed by atoms with van der Waals surface area (Å²) in [5.41, 5.74) is 8.33. The molecule has 5 heteroatoms. The lowest BCUT2D eigenvalue weighted by Gasteiger charge is -2.22. The highest BCUT2D eigenvalue weighted by atomic mass is 16.3. The third-order valence-electron chi connectivity index (χ3n) is 3.71. The van der Waals surface area contributed by atoms with Crippen molar-refractivity contribution >= 4 is 0 Å². The molecule has 0 aliphatic carbocycles. The summed E-state index contributed by atoms with van der Waals surface area (Å²) in [6.45, 7) is 2.57. The zero-order valence-corrected chi connectivity index (χ0v) is 12.4. The molecular weight excluding hydrogens is 264 g/mol. The van der Waals surface area contributed by atoms with E-state index in [0.717, 1.165) is 17.5 Å². The second kappa shape index (κ2) is 7.93. The Morgan fingerprint density at radius 3 is 2.71 bits per heavy atom. The molecule has 2 aromatic rings. The average molecular weight is 288 g/mol. The number of hydrogen-bond acceptors (Lipinski definition) is 4. The number of rotatable bonds is 8. The van der Waals surface area contributed by atoms with Crippen molar-refractivity contribution in [1.29, 1.82) is 0 Å². The number of aromatic nitrogens is 2. The Balaban J connectivity index is 1.82. The molecule has 0 amide bonds. The summed E-state index contributed by atoms with van der Waals surface area (Å²) in [6, 6.07) is 9.91. The molecule has 1 aromatic heterocycles. The third-order valence-corrected chi connectivity index (χ3v) is 3.71. The standard InChI is InChI=1S/C16H24N4O/c1-2-15(13-9-19-20-10-13)18-11-16(21)14(17)8-12-6-4-3-5-7-12/h3-7,9-10,14-16,18,21H,2,8,11,17H2,1H3,(H,19,20)/t14-,15?,16+/m0/s1. The van der Waals surface area contributed by atoms with Gasteiger partial charge in [-0.15, -0.1) is 0 Å². The van der Waals surface area contributed by atoms with Crippen molar-refractivity contribution < 1.29 is 5.11 Å². The number of aliphatic hydroxyl groups is 1. The van der Waals surface area contributed by atoms with Crippen LogP contribution in [0.1, 0.15) is 30.5 Å². The van der Waals surface area contributed by atoms with E-state index in [4.69, 9.17) is 5.73 Å². The van der Waals surface area contributed by atoms with E-state index < -0.39 is 6.10 Å². The van der Waals surface area contributed by atoms with Gasteiger partial charge in [-0.05, 0) is 18.4 Å². The zero-order chi connectivity index (χ0) is 15.1. The van der Waals surface area contributed by atoms with Crippen LogP contribution in [-0.4, -0.2) is 34.0 Å². The van der Waals surface area contributed by atoms with Crippen LogP contribution in [0.4, 0.5) is 0 Å². The molecule has 1 heterocycles. The Bertz CT molecular complexity index is 500. The molecule has 0 aliphatic heterocycles. The number of nitrogens with two attached hydrogens (primary N) is 1. The number of nitrogens with zero attached hydrogens (tertiary/aromatic N) is 1. The van der Waals surface area contributed by atoms with Crippen molar-refractivity contribution in [3.63, 3.8) is 0 Å². The fourth-order valence-corrected chi connectivity index (χ4v) is 2.39. The SMILES string of the molecule is CCC(NC[C@@H](O)[C@@H](N)Cc1ccccc1)c1cn[nH]c1. The van der Waals surface area contributed by atoms with Crippen LogP contribution in [-0.2, 0) is 6.42 Å². The monoisotopic (exact) mass is 288 g/mol. The highest BCUT2D eigenvalue weighted by molar-refractivity contribution is 5.16. The highest BCUT2D eigenvalue weighted by Crippen LogP contribution is 2.14. The van der Waals surface area contributed by atoms with E-state index in [1.54, 1.807) is 6.20 Å². The first-order chi connectivity index (χ1) is 10.2. The van der Waals surface area contributed by atoms with Crippen LogP contribution in [0.5, 0.6) is 0 Å². The van der Waals surface area contributed by atoms with Gasteiger partial charge in [-0.25, -0.2) is 0 Å². The van der Waals surface area contributed by atoms with Gasteiger partial charge in [0.05, 0.1) is 12.3 Å². The molecule has 0 radical (unpaired) electrons. The largest absolute Gasteiger partial charge is 0.390 e.